The predicted molar refractivity (Wildman–Crippen MR) is 131 cm³/mol. The fourth-order valence-corrected chi connectivity index (χ4v) is 4.02. The summed E-state index contributed by atoms with van der Waals surface area (Å²) in [4.78, 5) is 10.4. The van der Waals surface area contributed by atoms with Crippen LogP contribution in [-0.4, -0.2) is 11.1 Å². The van der Waals surface area contributed by atoms with Gasteiger partial charge in [-0.3, -0.25) is 4.79 Å². The molecule has 172 valence electrons. The van der Waals surface area contributed by atoms with Crippen LogP contribution in [0.1, 0.15) is 129 Å². The van der Waals surface area contributed by atoms with Crippen LogP contribution in [0.2, 0.25) is 0 Å². The summed E-state index contributed by atoms with van der Waals surface area (Å²) in [6.07, 6.45) is 35.0. The minimum atomic E-state index is -0.691. The number of aliphatic carboxylic acids is 1. The molecule has 2 nitrogen and oxygen atoms in total. The molecule has 1 unspecified atom stereocenters. The first kappa shape index (κ1) is 26.7. The summed E-state index contributed by atoms with van der Waals surface area (Å²) in [5.41, 5.74) is 1.69. The van der Waals surface area contributed by atoms with Crippen LogP contribution in [0.4, 0.5) is 0 Å². The maximum Gasteiger partial charge on any atom is 0.303 e. The number of unbranched alkanes of at least 4 members (excludes halogenated alkanes) is 12. The molecule has 0 aromatic rings. The second kappa shape index (κ2) is 19.6. The zero-order valence-electron chi connectivity index (χ0n) is 19.8. The molecule has 0 aliphatic heterocycles. The minimum Gasteiger partial charge on any atom is -0.481 e. The molecule has 30 heavy (non-hydrogen) atoms. The SMILES string of the molecule is CCCCCCCC=CCCCCCCCC1CC1=CCCC=CCCCC(=O)O. The van der Waals surface area contributed by atoms with Crippen LogP contribution in [0, 0.1) is 5.92 Å². The highest BCUT2D eigenvalue weighted by Gasteiger charge is 2.27. The molecule has 0 radical (unpaired) electrons. The number of carboxylic acids is 1. The smallest absolute Gasteiger partial charge is 0.303 e. The van der Waals surface area contributed by atoms with Gasteiger partial charge in [0.05, 0.1) is 0 Å². The van der Waals surface area contributed by atoms with Gasteiger partial charge >= 0.3 is 5.97 Å². The van der Waals surface area contributed by atoms with Crippen molar-refractivity contribution in [2.75, 3.05) is 0 Å². The Hall–Kier alpha value is -1.31. The van der Waals surface area contributed by atoms with Gasteiger partial charge in [-0.2, -0.15) is 0 Å². The van der Waals surface area contributed by atoms with Gasteiger partial charge in [0.25, 0.3) is 0 Å². The highest BCUT2D eigenvalue weighted by atomic mass is 16.4. The Morgan fingerprint density at radius 3 is 2.00 bits per heavy atom. The van der Waals surface area contributed by atoms with E-state index in [1.807, 2.05) is 0 Å². The highest BCUT2D eigenvalue weighted by Crippen LogP contribution is 2.42. The van der Waals surface area contributed by atoms with Crippen LogP contribution in [0.15, 0.2) is 36.0 Å². The molecule has 0 spiro atoms. The third-order valence-electron chi connectivity index (χ3n) is 6.08. The summed E-state index contributed by atoms with van der Waals surface area (Å²) in [6, 6.07) is 0. The van der Waals surface area contributed by atoms with Crippen LogP contribution in [0.5, 0.6) is 0 Å². The van der Waals surface area contributed by atoms with Gasteiger partial charge in [-0.15, -0.1) is 0 Å². The van der Waals surface area contributed by atoms with E-state index in [-0.39, 0.29) is 6.42 Å². The zero-order chi connectivity index (χ0) is 21.7. The van der Waals surface area contributed by atoms with Gasteiger partial charge in [0, 0.05) is 6.42 Å². The largest absolute Gasteiger partial charge is 0.481 e. The maximum atomic E-state index is 10.4. The number of hydrogen-bond donors (Lipinski definition) is 1. The molecule has 2 heteroatoms. The van der Waals surface area contributed by atoms with Gasteiger partial charge in [0.15, 0.2) is 0 Å². The van der Waals surface area contributed by atoms with Crippen LogP contribution < -0.4 is 0 Å². The Morgan fingerprint density at radius 2 is 1.33 bits per heavy atom. The summed E-state index contributed by atoms with van der Waals surface area (Å²) in [7, 11) is 0. The lowest BCUT2D eigenvalue weighted by atomic mass is 10.1. The molecule has 1 rings (SSSR count). The lowest BCUT2D eigenvalue weighted by molar-refractivity contribution is -0.137. The van der Waals surface area contributed by atoms with Gasteiger partial charge in [-0.25, -0.2) is 0 Å². The van der Waals surface area contributed by atoms with E-state index in [1.165, 1.54) is 89.9 Å². The lowest BCUT2D eigenvalue weighted by Crippen LogP contribution is -1.92. The summed E-state index contributed by atoms with van der Waals surface area (Å²) < 4.78 is 0. The fraction of sp³-hybridized carbons (Fsp3) is 0.750. The van der Waals surface area contributed by atoms with E-state index in [0.717, 1.165) is 31.6 Å². The van der Waals surface area contributed by atoms with E-state index in [4.69, 9.17) is 5.11 Å². The molecule has 0 saturated heterocycles. The van der Waals surface area contributed by atoms with Crippen molar-refractivity contribution in [1.29, 1.82) is 0 Å². The molecular weight excluding hydrogens is 368 g/mol. The highest BCUT2D eigenvalue weighted by molar-refractivity contribution is 5.66. The third-order valence-corrected chi connectivity index (χ3v) is 6.08. The van der Waals surface area contributed by atoms with E-state index >= 15 is 0 Å². The van der Waals surface area contributed by atoms with E-state index in [2.05, 4.69) is 37.3 Å². The minimum absolute atomic E-state index is 0.284. The van der Waals surface area contributed by atoms with Crippen LogP contribution in [0.25, 0.3) is 0 Å². The predicted octanol–water partition coefficient (Wildman–Crippen LogP) is 9.17. The number of carbonyl (C=O) groups is 1. The molecule has 0 amide bonds. The zero-order valence-corrected chi connectivity index (χ0v) is 19.8. The van der Waals surface area contributed by atoms with Crippen LogP contribution in [-0.2, 0) is 4.79 Å². The van der Waals surface area contributed by atoms with Crippen molar-refractivity contribution in [1.82, 2.24) is 0 Å². The van der Waals surface area contributed by atoms with Gasteiger partial charge in [-0.1, -0.05) is 94.2 Å². The van der Waals surface area contributed by atoms with Crippen molar-refractivity contribution < 1.29 is 9.90 Å². The normalized spacial score (nSPS) is 17.5. The Labute approximate surface area is 186 Å². The summed E-state index contributed by atoms with van der Waals surface area (Å²) >= 11 is 0. The summed E-state index contributed by atoms with van der Waals surface area (Å²) in [6.45, 7) is 2.28. The Morgan fingerprint density at radius 1 is 0.767 bits per heavy atom. The third kappa shape index (κ3) is 17.5. The second-order valence-corrected chi connectivity index (χ2v) is 9.03. The van der Waals surface area contributed by atoms with Crippen LogP contribution in [0.3, 0.4) is 0 Å². The second-order valence-electron chi connectivity index (χ2n) is 9.03. The van der Waals surface area contributed by atoms with Gasteiger partial charge in [0.1, 0.15) is 0 Å². The van der Waals surface area contributed by atoms with Crippen molar-refractivity contribution in [2.45, 2.75) is 129 Å². The van der Waals surface area contributed by atoms with Crippen molar-refractivity contribution in [3.8, 4) is 0 Å². The molecule has 1 aliphatic carbocycles. The first-order valence-corrected chi connectivity index (χ1v) is 12.9. The quantitative estimate of drug-likeness (QED) is 0.149. The van der Waals surface area contributed by atoms with Gasteiger partial charge in [0.2, 0.25) is 0 Å². The fourth-order valence-electron chi connectivity index (χ4n) is 4.02. The molecule has 0 bridgehead atoms. The number of carboxylic acid groups (broad SMARTS) is 1. The van der Waals surface area contributed by atoms with Gasteiger partial charge in [-0.05, 0) is 70.1 Å². The van der Waals surface area contributed by atoms with E-state index in [1.54, 1.807) is 5.57 Å². The van der Waals surface area contributed by atoms with Crippen LogP contribution >= 0.6 is 0 Å². The average Bonchev–Trinajstić information content (AvgIpc) is 3.48. The van der Waals surface area contributed by atoms with Crippen molar-refractivity contribution in [3.05, 3.63) is 36.0 Å². The Bertz CT molecular complexity index is 501. The van der Waals surface area contributed by atoms with Crippen molar-refractivity contribution in [2.24, 2.45) is 5.92 Å². The van der Waals surface area contributed by atoms with Crippen molar-refractivity contribution in [3.63, 3.8) is 0 Å². The molecule has 0 aromatic carbocycles. The Balaban J connectivity index is 1.81. The average molecular weight is 417 g/mol. The molecule has 1 saturated carbocycles. The van der Waals surface area contributed by atoms with E-state index in [0.29, 0.717) is 0 Å². The molecule has 0 aromatic heterocycles. The molecular formula is C28H48O2. The number of rotatable bonds is 21. The van der Waals surface area contributed by atoms with E-state index in [9.17, 15) is 4.79 Å². The summed E-state index contributed by atoms with van der Waals surface area (Å²) in [5.74, 6) is 0.202. The van der Waals surface area contributed by atoms with Gasteiger partial charge < -0.3 is 5.11 Å². The molecule has 1 N–H and O–H groups in total. The molecule has 0 heterocycles. The monoisotopic (exact) mass is 416 g/mol. The van der Waals surface area contributed by atoms with E-state index < -0.39 is 5.97 Å². The first-order valence-electron chi connectivity index (χ1n) is 12.9. The molecule has 1 aliphatic rings. The molecule has 1 fully saturated rings. The lowest BCUT2D eigenvalue weighted by Gasteiger charge is -2.00. The standard InChI is InChI=1S/C28H48O2/c1-2-3-4-5-6-7-8-9-10-11-12-13-16-19-22-26-25-27(26)23-20-17-14-15-18-21-24-28(29)30/h8-9,14-15,23,26H,2-7,10-13,16-22,24-25H2,1H3,(H,29,30). The maximum absolute atomic E-state index is 10.4. The topological polar surface area (TPSA) is 37.3 Å². The first-order chi connectivity index (χ1) is 14.7. The number of allylic oxidation sites excluding steroid dienone is 6. The molecule has 1 atom stereocenters. The van der Waals surface area contributed by atoms with Crippen molar-refractivity contribution >= 4 is 5.97 Å². The number of hydrogen-bond acceptors (Lipinski definition) is 1. The Kier molecular flexibility index (Phi) is 17.5. The summed E-state index contributed by atoms with van der Waals surface area (Å²) in [5, 5.41) is 8.59.